The van der Waals surface area contributed by atoms with Crippen LogP contribution in [0.25, 0.3) is 0 Å². The summed E-state index contributed by atoms with van der Waals surface area (Å²) in [6.45, 7) is 2.09. The number of rotatable bonds is 5. The van der Waals surface area contributed by atoms with E-state index in [4.69, 9.17) is 0 Å². The van der Waals surface area contributed by atoms with Gasteiger partial charge in [0.25, 0.3) is 5.91 Å². The molecule has 1 aliphatic heterocycles. The van der Waals surface area contributed by atoms with Crippen LogP contribution >= 0.6 is 0 Å². The Morgan fingerprint density at radius 3 is 2.65 bits per heavy atom. The summed E-state index contributed by atoms with van der Waals surface area (Å²) in [6, 6.07) is 7.59. The molecule has 1 aromatic carbocycles. The quantitative estimate of drug-likeness (QED) is 0.815. The average Bonchev–Trinajstić information content (AvgIpc) is 2.58. The zero-order valence-corrected chi connectivity index (χ0v) is 13.9. The summed E-state index contributed by atoms with van der Waals surface area (Å²) in [7, 11) is 0. The molecule has 124 valence electrons. The van der Waals surface area contributed by atoms with Crippen molar-refractivity contribution in [3.8, 4) is 0 Å². The van der Waals surface area contributed by atoms with E-state index in [-0.39, 0.29) is 17.7 Å². The third-order valence-corrected chi connectivity index (χ3v) is 5.16. The number of ketones is 1. The Labute approximate surface area is 138 Å². The number of nitrogens with one attached hydrogen (secondary N) is 2. The van der Waals surface area contributed by atoms with Gasteiger partial charge < -0.3 is 5.32 Å². The van der Waals surface area contributed by atoms with E-state index in [9.17, 15) is 9.59 Å². The summed E-state index contributed by atoms with van der Waals surface area (Å²) in [6.07, 6.45) is 8.10. The first-order chi connectivity index (χ1) is 11.2. The van der Waals surface area contributed by atoms with Crippen molar-refractivity contribution < 1.29 is 9.59 Å². The van der Waals surface area contributed by atoms with Crippen LogP contribution in [0.5, 0.6) is 0 Å². The van der Waals surface area contributed by atoms with Crippen molar-refractivity contribution in [2.75, 3.05) is 5.32 Å². The van der Waals surface area contributed by atoms with Crippen LogP contribution in [0.15, 0.2) is 24.3 Å². The summed E-state index contributed by atoms with van der Waals surface area (Å²) in [4.78, 5) is 26.1. The maximum atomic E-state index is 13.2. The van der Waals surface area contributed by atoms with Gasteiger partial charge in [-0.3, -0.25) is 14.9 Å². The molecule has 1 aromatic rings. The molecule has 4 nitrogen and oxygen atoms in total. The highest BCUT2D eigenvalue weighted by atomic mass is 16.2. The van der Waals surface area contributed by atoms with Crippen LogP contribution in [0.3, 0.4) is 0 Å². The molecule has 1 heterocycles. The molecule has 3 rings (SSSR count). The van der Waals surface area contributed by atoms with Gasteiger partial charge in [-0.15, -0.1) is 0 Å². The molecule has 1 atom stereocenters. The van der Waals surface area contributed by atoms with Gasteiger partial charge in [0, 0.05) is 11.6 Å². The molecule has 1 unspecified atom stereocenters. The van der Waals surface area contributed by atoms with Crippen molar-refractivity contribution in [2.24, 2.45) is 0 Å². The number of Topliss-reactive ketones (excluding diaryl/α,β-unsaturated/α-hetero) is 1. The summed E-state index contributed by atoms with van der Waals surface area (Å²) >= 11 is 0. The predicted octanol–water partition coefficient (Wildman–Crippen LogP) is 3.67. The fourth-order valence-electron chi connectivity index (χ4n) is 3.82. The van der Waals surface area contributed by atoms with Gasteiger partial charge in [0.15, 0.2) is 11.3 Å². The number of hydrogen-bond donors (Lipinski definition) is 2. The first-order valence-electron chi connectivity index (χ1n) is 8.90. The maximum absolute atomic E-state index is 13.2. The van der Waals surface area contributed by atoms with Crippen LogP contribution in [-0.4, -0.2) is 23.3 Å². The third-order valence-electron chi connectivity index (χ3n) is 5.16. The summed E-state index contributed by atoms with van der Waals surface area (Å²) in [5.74, 6) is -0.240. The Morgan fingerprint density at radius 1 is 1.17 bits per heavy atom. The lowest BCUT2D eigenvalue weighted by Crippen LogP contribution is -2.65. The number of para-hydroxylation sites is 1. The number of carbonyl (C=O) groups is 2. The second-order valence-electron chi connectivity index (χ2n) is 6.82. The number of amides is 1. The number of fused-ring (bicyclic) bond motifs is 1. The van der Waals surface area contributed by atoms with E-state index >= 15 is 0 Å². The molecular formula is C19H26N2O2. The van der Waals surface area contributed by atoms with Crippen LogP contribution < -0.4 is 10.6 Å². The fraction of sp³-hybridized carbons (Fsp3) is 0.579. The van der Waals surface area contributed by atoms with Gasteiger partial charge in [-0.05, 0) is 31.4 Å². The molecule has 1 aliphatic carbocycles. The lowest BCUT2D eigenvalue weighted by molar-refractivity contribution is -0.121. The Bertz CT molecular complexity index is 593. The molecule has 0 saturated heterocycles. The molecule has 0 aromatic heterocycles. The third kappa shape index (κ3) is 3.05. The van der Waals surface area contributed by atoms with E-state index < -0.39 is 5.54 Å². The molecule has 0 radical (unpaired) electrons. The molecule has 1 fully saturated rings. The highest BCUT2D eigenvalue weighted by Gasteiger charge is 2.50. The maximum Gasteiger partial charge on any atom is 0.252 e. The van der Waals surface area contributed by atoms with Gasteiger partial charge in [0.2, 0.25) is 0 Å². The largest absolute Gasteiger partial charge is 0.323 e. The SMILES string of the molecule is CCCCC1(NC2CCCCC2)C(=O)Nc2ccccc2C1=O. The number of carbonyl (C=O) groups excluding carboxylic acids is 2. The number of unbranched alkanes of at least 4 members (excludes halogenated alkanes) is 1. The smallest absolute Gasteiger partial charge is 0.252 e. The van der Waals surface area contributed by atoms with E-state index in [0.717, 1.165) is 25.7 Å². The number of benzene rings is 1. The molecule has 0 spiro atoms. The van der Waals surface area contributed by atoms with Crippen molar-refractivity contribution in [1.82, 2.24) is 5.32 Å². The predicted molar refractivity (Wildman–Crippen MR) is 91.7 cm³/mol. The van der Waals surface area contributed by atoms with Gasteiger partial charge in [-0.25, -0.2) is 0 Å². The Hall–Kier alpha value is -1.68. The van der Waals surface area contributed by atoms with Crippen LogP contribution in [-0.2, 0) is 4.79 Å². The minimum absolute atomic E-state index is 0.0594. The molecule has 2 aliphatic rings. The summed E-state index contributed by atoms with van der Waals surface area (Å²) in [5, 5.41) is 6.44. The zero-order valence-electron chi connectivity index (χ0n) is 13.9. The van der Waals surface area contributed by atoms with Crippen molar-refractivity contribution in [1.29, 1.82) is 0 Å². The second kappa shape index (κ2) is 6.83. The molecule has 1 amide bonds. The monoisotopic (exact) mass is 314 g/mol. The molecule has 23 heavy (non-hydrogen) atoms. The first kappa shape index (κ1) is 16.2. The second-order valence-corrected chi connectivity index (χ2v) is 6.82. The minimum atomic E-state index is -1.09. The van der Waals surface area contributed by atoms with Crippen LogP contribution in [0, 0.1) is 0 Å². The lowest BCUT2D eigenvalue weighted by atomic mass is 9.78. The van der Waals surface area contributed by atoms with Gasteiger partial charge in [-0.2, -0.15) is 0 Å². The van der Waals surface area contributed by atoms with Gasteiger partial charge in [-0.1, -0.05) is 51.2 Å². The summed E-state index contributed by atoms with van der Waals surface area (Å²) < 4.78 is 0. The molecule has 2 N–H and O–H groups in total. The van der Waals surface area contributed by atoms with Crippen LogP contribution in [0.2, 0.25) is 0 Å². The summed E-state index contributed by atoms with van der Waals surface area (Å²) in [5.41, 5.74) is 0.179. The molecule has 0 bridgehead atoms. The van der Waals surface area contributed by atoms with Crippen LogP contribution in [0.4, 0.5) is 5.69 Å². The highest BCUT2D eigenvalue weighted by molar-refractivity contribution is 6.27. The van der Waals surface area contributed by atoms with E-state index in [0.29, 0.717) is 17.7 Å². The van der Waals surface area contributed by atoms with Gasteiger partial charge in [0.1, 0.15) is 0 Å². The van der Waals surface area contributed by atoms with Crippen LogP contribution in [0.1, 0.15) is 68.6 Å². The van der Waals surface area contributed by atoms with E-state index in [2.05, 4.69) is 17.6 Å². The van der Waals surface area contributed by atoms with Crippen molar-refractivity contribution in [3.05, 3.63) is 29.8 Å². The van der Waals surface area contributed by atoms with Gasteiger partial charge in [0.05, 0.1) is 5.69 Å². The lowest BCUT2D eigenvalue weighted by Gasteiger charge is -2.40. The standard InChI is InChI=1S/C19H26N2O2/c1-2-3-13-19(21-14-9-5-4-6-10-14)17(22)15-11-7-8-12-16(15)20-18(19)23/h7-8,11-12,14,21H,2-6,9-10,13H2,1H3,(H,20,23). The van der Waals surface area contributed by atoms with E-state index in [1.54, 1.807) is 6.07 Å². The van der Waals surface area contributed by atoms with Crippen molar-refractivity contribution >= 4 is 17.4 Å². The molecule has 4 heteroatoms. The average molecular weight is 314 g/mol. The van der Waals surface area contributed by atoms with Gasteiger partial charge >= 0.3 is 0 Å². The number of hydrogen-bond acceptors (Lipinski definition) is 3. The Balaban J connectivity index is 1.93. The van der Waals surface area contributed by atoms with E-state index in [1.807, 2.05) is 18.2 Å². The first-order valence-corrected chi connectivity index (χ1v) is 8.90. The normalized spacial score (nSPS) is 25.1. The Kier molecular flexibility index (Phi) is 4.81. The molecule has 1 saturated carbocycles. The zero-order chi connectivity index (χ0) is 16.3. The van der Waals surface area contributed by atoms with E-state index in [1.165, 1.54) is 19.3 Å². The number of anilines is 1. The highest BCUT2D eigenvalue weighted by Crippen LogP contribution is 2.33. The Morgan fingerprint density at radius 2 is 1.91 bits per heavy atom. The minimum Gasteiger partial charge on any atom is -0.323 e. The van der Waals surface area contributed by atoms with Crippen molar-refractivity contribution in [3.63, 3.8) is 0 Å². The van der Waals surface area contributed by atoms with Crippen molar-refractivity contribution in [2.45, 2.75) is 69.9 Å². The fourth-order valence-corrected chi connectivity index (χ4v) is 3.82. The molecular weight excluding hydrogens is 288 g/mol. The topological polar surface area (TPSA) is 58.2 Å².